The van der Waals surface area contributed by atoms with Gasteiger partial charge >= 0.3 is 8.32 Å². The van der Waals surface area contributed by atoms with Crippen molar-refractivity contribution >= 4 is 30.1 Å². The predicted octanol–water partition coefficient (Wildman–Crippen LogP) is 2.69. The summed E-state index contributed by atoms with van der Waals surface area (Å²) in [6.07, 6.45) is 2.92. The van der Waals surface area contributed by atoms with Crippen LogP contribution in [0.15, 0.2) is 96.2 Å². The molecule has 4 rings (SSSR count). The molecule has 3 nitrogen and oxygen atoms in total. The molecule has 0 aliphatic carbocycles. The first-order valence-electron chi connectivity index (χ1n) is 9.35. The van der Waals surface area contributed by atoms with E-state index in [2.05, 4.69) is 78.0 Å². The highest BCUT2D eigenvalue weighted by atomic mass is 28.4. The Labute approximate surface area is 161 Å². The Hall–Kier alpha value is -2.69. The van der Waals surface area contributed by atoms with Crippen LogP contribution in [0, 0.1) is 5.92 Å². The lowest BCUT2D eigenvalue weighted by Crippen LogP contribution is -2.68. The van der Waals surface area contributed by atoms with Crippen LogP contribution >= 0.6 is 0 Å². The van der Waals surface area contributed by atoms with Gasteiger partial charge in [-0.15, -0.1) is 5.16 Å². The lowest BCUT2D eigenvalue weighted by molar-refractivity contribution is 0.193. The molecule has 1 unspecified atom stereocenters. The average Bonchev–Trinajstić information content (AvgIpc) is 3.27. The molecule has 3 aromatic rings. The van der Waals surface area contributed by atoms with Crippen LogP contribution in [-0.2, 0) is 9.26 Å². The zero-order valence-electron chi connectivity index (χ0n) is 15.2. The summed E-state index contributed by atoms with van der Waals surface area (Å²) in [7, 11) is -2.73. The van der Waals surface area contributed by atoms with Crippen molar-refractivity contribution in [3.8, 4) is 0 Å². The highest BCUT2D eigenvalue weighted by Gasteiger charge is 2.44. The fraction of sp³-hybridized carbons (Fsp3) is 0.174. The molecule has 0 saturated carbocycles. The summed E-state index contributed by atoms with van der Waals surface area (Å²) in [6.45, 7) is 1.53. The van der Waals surface area contributed by atoms with Crippen LogP contribution in [0.1, 0.15) is 6.42 Å². The van der Waals surface area contributed by atoms with E-state index in [4.69, 9.17) is 9.26 Å². The third kappa shape index (κ3) is 3.72. The smallest absolute Gasteiger partial charge is 0.380 e. The van der Waals surface area contributed by atoms with Crippen molar-refractivity contribution in [2.24, 2.45) is 11.1 Å². The van der Waals surface area contributed by atoms with Crippen LogP contribution in [0.2, 0.25) is 0 Å². The lowest BCUT2D eigenvalue weighted by Gasteiger charge is -2.30. The molecule has 3 aromatic carbocycles. The first kappa shape index (κ1) is 17.7. The van der Waals surface area contributed by atoms with Crippen LogP contribution in [0.25, 0.3) is 0 Å². The highest BCUT2D eigenvalue weighted by molar-refractivity contribution is 7.07. The van der Waals surface area contributed by atoms with Crippen LogP contribution in [0.5, 0.6) is 0 Å². The third-order valence-corrected chi connectivity index (χ3v) is 8.79. The molecule has 0 N–H and O–H groups in total. The average molecular weight is 374 g/mol. The minimum Gasteiger partial charge on any atom is -0.438 e. The molecule has 1 heterocycles. The second-order valence-corrected chi connectivity index (χ2v) is 10.0. The highest BCUT2D eigenvalue weighted by Crippen LogP contribution is 2.13. The Balaban J connectivity index is 1.83. The SMILES string of the molecule is C(=N\O[Si](c1ccccc1)(c1ccccc1)c1ccccc1)/C1CCOC1. The zero-order chi connectivity index (χ0) is 18.4. The minimum atomic E-state index is -2.73. The van der Waals surface area contributed by atoms with E-state index in [1.165, 1.54) is 15.6 Å². The van der Waals surface area contributed by atoms with Crippen molar-refractivity contribution in [3.05, 3.63) is 91.0 Å². The zero-order valence-corrected chi connectivity index (χ0v) is 16.2. The Morgan fingerprint density at radius 1 is 0.778 bits per heavy atom. The van der Waals surface area contributed by atoms with Gasteiger partial charge in [-0.2, -0.15) is 0 Å². The molecule has 0 amide bonds. The summed E-state index contributed by atoms with van der Waals surface area (Å²) in [6, 6.07) is 31.5. The van der Waals surface area contributed by atoms with Gasteiger partial charge in [0.1, 0.15) is 0 Å². The maximum absolute atomic E-state index is 6.50. The first-order valence-corrected chi connectivity index (χ1v) is 11.3. The van der Waals surface area contributed by atoms with Crippen LogP contribution in [-0.4, -0.2) is 27.7 Å². The van der Waals surface area contributed by atoms with E-state index < -0.39 is 8.32 Å². The van der Waals surface area contributed by atoms with Crippen molar-refractivity contribution in [2.45, 2.75) is 6.42 Å². The second-order valence-electron chi connectivity index (χ2n) is 6.75. The van der Waals surface area contributed by atoms with Crippen LogP contribution < -0.4 is 15.6 Å². The first-order chi connectivity index (χ1) is 13.4. The summed E-state index contributed by atoms with van der Waals surface area (Å²) in [5, 5.41) is 8.06. The Bertz CT molecular complexity index is 766. The van der Waals surface area contributed by atoms with Crippen LogP contribution in [0.3, 0.4) is 0 Å². The van der Waals surface area contributed by atoms with Crippen molar-refractivity contribution in [1.29, 1.82) is 0 Å². The Morgan fingerprint density at radius 3 is 1.67 bits per heavy atom. The molecular formula is C23H23NO2Si. The second kappa shape index (κ2) is 8.33. The van der Waals surface area contributed by atoms with Gasteiger partial charge in [-0.1, -0.05) is 91.0 Å². The molecule has 1 saturated heterocycles. The standard InChI is InChI=1S/C23H23NO2Si/c1-4-10-21(11-5-1)27(22-12-6-2-7-13-22,23-14-8-3-9-15-23)26-24-18-20-16-17-25-19-20/h1-15,18,20H,16-17,19H2/b24-18+. The molecule has 0 aromatic heterocycles. The maximum Gasteiger partial charge on any atom is 0.380 e. The fourth-order valence-corrected chi connectivity index (χ4v) is 7.06. The van der Waals surface area contributed by atoms with Crippen LogP contribution in [0.4, 0.5) is 0 Å². The van der Waals surface area contributed by atoms with Gasteiger partial charge in [-0.25, -0.2) is 0 Å². The summed E-state index contributed by atoms with van der Waals surface area (Å²) < 4.78 is 12.0. The van der Waals surface area contributed by atoms with Gasteiger partial charge in [-0.3, -0.25) is 0 Å². The van der Waals surface area contributed by atoms with Crippen molar-refractivity contribution in [3.63, 3.8) is 0 Å². The van der Waals surface area contributed by atoms with E-state index in [1.807, 2.05) is 24.4 Å². The molecule has 4 heteroatoms. The van der Waals surface area contributed by atoms with Crippen molar-refractivity contribution in [1.82, 2.24) is 0 Å². The summed E-state index contributed by atoms with van der Waals surface area (Å²) in [5.74, 6) is 0.332. The third-order valence-electron chi connectivity index (χ3n) is 4.97. The number of ether oxygens (including phenoxy) is 1. The van der Waals surface area contributed by atoms with Crippen molar-refractivity contribution in [2.75, 3.05) is 13.2 Å². The molecule has 0 spiro atoms. The number of rotatable bonds is 6. The number of benzene rings is 3. The Morgan fingerprint density at radius 2 is 1.26 bits per heavy atom. The van der Waals surface area contributed by atoms with Gasteiger partial charge in [0.05, 0.1) is 6.61 Å². The van der Waals surface area contributed by atoms with Gasteiger partial charge in [0, 0.05) is 18.7 Å². The minimum absolute atomic E-state index is 0.332. The molecule has 27 heavy (non-hydrogen) atoms. The number of hydrogen-bond donors (Lipinski definition) is 0. The van der Waals surface area contributed by atoms with Crippen molar-refractivity contribution < 1.29 is 9.26 Å². The molecule has 1 fully saturated rings. The monoisotopic (exact) mass is 373 g/mol. The molecule has 1 atom stereocenters. The summed E-state index contributed by atoms with van der Waals surface area (Å²) in [5.41, 5.74) is 0. The molecule has 1 aliphatic heterocycles. The van der Waals surface area contributed by atoms with Gasteiger partial charge in [0.15, 0.2) is 0 Å². The van der Waals surface area contributed by atoms with E-state index in [9.17, 15) is 0 Å². The molecular weight excluding hydrogens is 350 g/mol. The van der Waals surface area contributed by atoms with Gasteiger partial charge in [0.2, 0.25) is 0 Å². The molecule has 0 bridgehead atoms. The Kier molecular flexibility index (Phi) is 5.46. The predicted molar refractivity (Wildman–Crippen MR) is 112 cm³/mol. The van der Waals surface area contributed by atoms with E-state index in [0.717, 1.165) is 19.6 Å². The van der Waals surface area contributed by atoms with E-state index >= 15 is 0 Å². The summed E-state index contributed by atoms with van der Waals surface area (Å²) >= 11 is 0. The van der Waals surface area contributed by atoms with Gasteiger partial charge in [-0.05, 0) is 22.0 Å². The molecule has 136 valence electrons. The lowest BCUT2D eigenvalue weighted by atomic mass is 10.1. The molecule has 0 radical (unpaired) electrons. The normalized spacial score (nSPS) is 17.3. The van der Waals surface area contributed by atoms with Gasteiger partial charge in [0.25, 0.3) is 0 Å². The number of nitrogens with zero attached hydrogens (tertiary/aromatic N) is 1. The summed E-state index contributed by atoms with van der Waals surface area (Å²) in [4.78, 5) is 0. The van der Waals surface area contributed by atoms with Gasteiger partial charge < -0.3 is 9.26 Å². The maximum atomic E-state index is 6.50. The van der Waals surface area contributed by atoms with E-state index in [0.29, 0.717) is 5.92 Å². The number of hydrogen-bond acceptors (Lipinski definition) is 3. The largest absolute Gasteiger partial charge is 0.438 e. The topological polar surface area (TPSA) is 30.8 Å². The fourth-order valence-electron chi connectivity index (χ4n) is 3.54. The number of oxime groups is 1. The van der Waals surface area contributed by atoms with E-state index in [-0.39, 0.29) is 0 Å². The van der Waals surface area contributed by atoms with E-state index in [1.54, 1.807) is 0 Å². The molecule has 1 aliphatic rings. The quantitative estimate of drug-likeness (QED) is 0.288.